The third-order valence-electron chi connectivity index (χ3n) is 2.64. The second-order valence-corrected chi connectivity index (χ2v) is 4.13. The first-order valence-electron chi connectivity index (χ1n) is 5.85. The summed E-state index contributed by atoms with van der Waals surface area (Å²) in [5, 5.41) is 15.5. The summed E-state index contributed by atoms with van der Waals surface area (Å²) in [4.78, 5) is 12.0. The molecule has 19 heavy (non-hydrogen) atoms. The van der Waals surface area contributed by atoms with Crippen molar-refractivity contribution in [2.24, 2.45) is 0 Å². The summed E-state index contributed by atoms with van der Waals surface area (Å²) in [6.07, 6.45) is 0. The van der Waals surface area contributed by atoms with Gasteiger partial charge in [-0.25, -0.2) is 0 Å². The average molecular weight is 255 g/mol. The third kappa shape index (κ3) is 3.19. The molecule has 2 aromatic rings. The topological polar surface area (TPSA) is 78.9 Å². The van der Waals surface area contributed by atoms with Crippen molar-refractivity contribution in [1.29, 1.82) is 5.26 Å². The highest BCUT2D eigenvalue weighted by Crippen LogP contribution is 2.14. The van der Waals surface area contributed by atoms with Gasteiger partial charge in [-0.3, -0.25) is 4.79 Å². The Morgan fingerprint density at radius 3 is 2.79 bits per heavy atom. The number of carbonyl (C=O) groups is 1. The number of nitriles is 1. The van der Waals surface area contributed by atoms with E-state index in [0.29, 0.717) is 11.3 Å². The van der Waals surface area contributed by atoms with Crippen LogP contribution >= 0.6 is 0 Å². The van der Waals surface area contributed by atoms with Crippen LogP contribution in [0.2, 0.25) is 0 Å². The van der Waals surface area contributed by atoms with Crippen LogP contribution < -0.4 is 5.32 Å². The second-order valence-electron chi connectivity index (χ2n) is 4.13. The first-order chi connectivity index (χ1) is 9.20. The Kier molecular flexibility index (Phi) is 3.94. The van der Waals surface area contributed by atoms with Crippen molar-refractivity contribution in [2.75, 3.05) is 0 Å². The number of carbonyl (C=O) groups excluding carboxylic acids is 1. The van der Waals surface area contributed by atoms with Crippen molar-refractivity contribution in [1.82, 2.24) is 10.5 Å². The van der Waals surface area contributed by atoms with E-state index >= 15 is 0 Å². The number of aryl methyl sites for hydroxylation is 1. The van der Waals surface area contributed by atoms with Crippen molar-refractivity contribution >= 4 is 5.91 Å². The standard InChI is InChI=1S/C14H13N3O2/c1-10-7-12(19-17-10)9-16-14(18)13(8-15)11-5-3-2-4-6-11/h2-7,13H,9H2,1H3,(H,16,18). The van der Waals surface area contributed by atoms with Gasteiger partial charge in [0.2, 0.25) is 5.91 Å². The van der Waals surface area contributed by atoms with Crippen molar-refractivity contribution in [3.63, 3.8) is 0 Å². The van der Waals surface area contributed by atoms with Crippen LogP contribution in [0.4, 0.5) is 0 Å². The summed E-state index contributed by atoms with van der Waals surface area (Å²) < 4.78 is 4.99. The Bertz CT molecular complexity index is 599. The molecule has 0 spiro atoms. The van der Waals surface area contributed by atoms with E-state index in [1.807, 2.05) is 12.1 Å². The van der Waals surface area contributed by atoms with E-state index in [-0.39, 0.29) is 12.5 Å². The predicted molar refractivity (Wildman–Crippen MR) is 67.9 cm³/mol. The van der Waals surface area contributed by atoms with E-state index in [9.17, 15) is 4.79 Å². The molecule has 1 aromatic carbocycles. The highest BCUT2D eigenvalue weighted by atomic mass is 16.5. The van der Waals surface area contributed by atoms with Gasteiger partial charge in [-0.1, -0.05) is 35.5 Å². The number of nitrogens with zero attached hydrogens (tertiary/aromatic N) is 2. The maximum Gasteiger partial charge on any atom is 0.242 e. The summed E-state index contributed by atoms with van der Waals surface area (Å²) in [5.74, 6) is -0.594. The molecule has 0 radical (unpaired) electrons. The van der Waals surface area contributed by atoms with E-state index in [4.69, 9.17) is 9.78 Å². The third-order valence-corrected chi connectivity index (χ3v) is 2.64. The SMILES string of the molecule is Cc1cc(CNC(=O)C(C#N)c2ccccc2)on1. The molecule has 0 aliphatic rings. The summed E-state index contributed by atoms with van der Waals surface area (Å²) in [5.41, 5.74) is 1.43. The highest BCUT2D eigenvalue weighted by Gasteiger charge is 2.19. The molecule has 5 nitrogen and oxygen atoms in total. The maximum atomic E-state index is 12.0. The molecule has 1 atom stereocenters. The molecule has 0 aliphatic carbocycles. The van der Waals surface area contributed by atoms with Crippen LogP contribution in [0.3, 0.4) is 0 Å². The van der Waals surface area contributed by atoms with Crippen LogP contribution in [0, 0.1) is 18.3 Å². The number of nitrogens with one attached hydrogen (secondary N) is 1. The minimum Gasteiger partial charge on any atom is -0.359 e. The normalized spacial score (nSPS) is 11.6. The van der Waals surface area contributed by atoms with Crippen molar-refractivity contribution in [3.8, 4) is 6.07 Å². The molecule has 1 N–H and O–H groups in total. The van der Waals surface area contributed by atoms with E-state index in [1.54, 1.807) is 37.3 Å². The van der Waals surface area contributed by atoms with E-state index in [1.165, 1.54) is 0 Å². The molecule has 5 heteroatoms. The number of hydrogen-bond donors (Lipinski definition) is 1. The zero-order valence-corrected chi connectivity index (χ0v) is 10.5. The van der Waals surface area contributed by atoms with Gasteiger partial charge >= 0.3 is 0 Å². The maximum absolute atomic E-state index is 12.0. The number of benzene rings is 1. The lowest BCUT2D eigenvalue weighted by Gasteiger charge is -2.09. The minimum atomic E-state index is -0.815. The van der Waals surface area contributed by atoms with Crippen LogP contribution in [0.15, 0.2) is 40.9 Å². The molecule has 1 heterocycles. The number of hydrogen-bond acceptors (Lipinski definition) is 4. The Morgan fingerprint density at radius 2 is 2.21 bits per heavy atom. The fourth-order valence-corrected chi connectivity index (χ4v) is 1.71. The summed E-state index contributed by atoms with van der Waals surface area (Å²) >= 11 is 0. The minimum absolute atomic E-state index is 0.227. The molecule has 0 aliphatic heterocycles. The smallest absolute Gasteiger partial charge is 0.242 e. The van der Waals surface area contributed by atoms with Gasteiger partial charge in [0.25, 0.3) is 0 Å². The van der Waals surface area contributed by atoms with Crippen LogP contribution in [0.5, 0.6) is 0 Å². The molecule has 0 bridgehead atoms. The van der Waals surface area contributed by atoms with Gasteiger partial charge in [0.05, 0.1) is 18.3 Å². The fourth-order valence-electron chi connectivity index (χ4n) is 1.71. The quantitative estimate of drug-likeness (QED) is 0.905. The highest BCUT2D eigenvalue weighted by molar-refractivity contribution is 5.86. The van der Waals surface area contributed by atoms with Gasteiger partial charge in [-0.05, 0) is 12.5 Å². The zero-order chi connectivity index (χ0) is 13.7. The lowest BCUT2D eigenvalue weighted by atomic mass is 10.00. The molecule has 1 unspecified atom stereocenters. The Morgan fingerprint density at radius 1 is 1.47 bits per heavy atom. The number of rotatable bonds is 4. The molecule has 0 saturated carbocycles. The summed E-state index contributed by atoms with van der Waals surface area (Å²) in [6.45, 7) is 2.03. The Hall–Kier alpha value is -2.61. The molecular weight excluding hydrogens is 242 g/mol. The summed E-state index contributed by atoms with van der Waals surface area (Å²) in [7, 11) is 0. The van der Waals surface area contributed by atoms with Gasteiger partial charge in [-0.15, -0.1) is 0 Å². The molecule has 96 valence electrons. The van der Waals surface area contributed by atoms with E-state index in [2.05, 4.69) is 10.5 Å². The molecule has 0 fully saturated rings. The van der Waals surface area contributed by atoms with E-state index < -0.39 is 5.92 Å². The first kappa shape index (κ1) is 12.8. The van der Waals surface area contributed by atoms with Crippen LogP contribution in [0.1, 0.15) is 22.9 Å². The first-order valence-corrected chi connectivity index (χ1v) is 5.85. The van der Waals surface area contributed by atoms with Gasteiger partial charge in [0.1, 0.15) is 5.92 Å². The van der Waals surface area contributed by atoms with E-state index in [0.717, 1.165) is 5.69 Å². The van der Waals surface area contributed by atoms with Gasteiger partial charge in [0.15, 0.2) is 5.76 Å². The molecule has 1 aromatic heterocycles. The monoisotopic (exact) mass is 255 g/mol. The zero-order valence-electron chi connectivity index (χ0n) is 10.5. The van der Waals surface area contributed by atoms with Crippen molar-refractivity contribution in [3.05, 3.63) is 53.4 Å². The molecular formula is C14H13N3O2. The second kappa shape index (κ2) is 5.83. The van der Waals surface area contributed by atoms with Crippen molar-refractivity contribution in [2.45, 2.75) is 19.4 Å². The molecule has 2 rings (SSSR count). The Labute approximate surface area is 110 Å². The lowest BCUT2D eigenvalue weighted by molar-refractivity contribution is -0.121. The lowest BCUT2D eigenvalue weighted by Crippen LogP contribution is -2.28. The van der Waals surface area contributed by atoms with Gasteiger partial charge in [0, 0.05) is 6.07 Å². The fraction of sp³-hybridized carbons (Fsp3) is 0.214. The van der Waals surface area contributed by atoms with Gasteiger partial charge < -0.3 is 9.84 Å². The van der Waals surface area contributed by atoms with Crippen LogP contribution in [-0.4, -0.2) is 11.1 Å². The molecule has 1 amide bonds. The molecule has 0 saturated heterocycles. The summed E-state index contributed by atoms with van der Waals surface area (Å²) in [6, 6.07) is 12.7. The largest absolute Gasteiger partial charge is 0.359 e. The van der Waals surface area contributed by atoms with Crippen LogP contribution in [-0.2, 0) is 11.3 Å². The van der Waals surface area contributed by atoms with Gasteiger partial charge in [-0.2, -0.15) is 5.26 Å². The predicted octanol–water partition coefficient (Wildman–Crippen LogP) is 1.91. The Balaban J connectivity index is 2.00. The number of aromatic nitrogens is 1. The average Bonchev–Trinajstić information content (AvgIpc) is 2.84. The van der Waals surface area contributed by atoms with Crippen LogP contribution in [0.25, 0.3) is 0 Å². The number of amides is 1. The van der Waals surface area contributed by atoms with Crippen molar-refractivity contribution < 1.29 is 9.32 Å².